The molecule has 0 unspecified atom stereocenters. The number of oxazole rings is 1. The number of ether oxygens (including phenoxy) is 2. The first kappa shape index (κ1) is 52.3. The second-order valence-electron chi connectivity index (χ2n) is 18.5. The molecule has 2 fully saturated rings. The summed E-state index contributed by atoms with van der Waals surface area (Å²) in [6.07, 6.45) is 6.05. The number of morpholine rings is 1. The number of amides is 5. The van der Waals surface area contributed by atoms with Gasteiger partial charge in [-0.15, -0.1) is 0 Å². The third-order valence-corrected chi connectivity index (χ3v) is 11.8. The first-order valence-electron chi connectivity index (χ1n) is 24.1. The zero-order valence-corrected chi connectivity index (χ0v) is 42.2. The van der Waals surface area contributed by atoms with Gasteiger partial charge in [-0.2, -0.15) is 5.10 Å². The summed E-state index contributed by atoms with van der Waals surface area (Å²) < 4.78 is 23.3. The predicted molar refractivity (Wildman–Crippen MR) is 269 cm³/mol. The Kier molecular flexibility index (Phi) is 16.5. The molecule has 0 bridgehead atoms. The highest BCUT2D eigenvalue weighted by atomic mass is 16.5. The molecule has 7 N–H and O–H groups in total. The van der Waals surface area contributed by atoms with Crippen LogP contribution in [-0.4, -0.2) is 143 Å². The van der Waals surface area contributed by atoms with Crippen molar-refractivity contribution in [2.75, 3.05) is 70.2 Å². The molecule has 384 valence electrons. The van der Waals surface area contributed by atoms with Crippen molar-refractivity contribution in [3.05, 3.63) is 82.5 Å². The maximum Gasteiger partial charge on any atom is 0.295 e. The van der Waals surface area contributed by atoms with Gasteiger partial charge >= 0.3 is 0 Å². The van der Waals surface area contributed by atoms with Crippen molar-refractivity contribution in [1.29, 1.82) is 0 Å². The van der Waals surface area contributed by atoms with Crippen LogP contribution >= 0.6 is 0 Å². The summed E-state index contributed by atoms with van der Waals surface area (Å²) >= 11 is 0. The Labute approximate surface area is 416 Å². The number of anilines is 2. The zero-order valence-electron chi connectivity index (χ0n) is 42.2. The number of allylic oxidation sites excluding steroid dienone is 2. The minimum Gasteiger partial charge on any atom is -0.491 e. The Morgan fingerprint density at radius 3 is 2.22 bits per heavy atom. The third-order valence-electron chi connectivity index (χ3n) is 11.8. The lowest BCUT2D eigenvalue weighted by Crippen LogP contribution is -2.70. The van der Waals surface area contributed by atoms with Gasteiger partial charge in [-0.1, -0.05) is 39.8 Å². The molecule has 0 atom stereocenters. The van der Waals surface area contributed by atoms with Crippen molar-refractivity contribution >= 4 is 63.6 Å². The molecule has 2 aliphatic heterocycles. The normalized spacial score (nSPS) is 14.5. The van der Waals surface area contributed by atoms with E-state index >= 15 is 0 Å². The highest BCUT2D eigenvalue weighted by Crippen LogP contribution is 2.33. The summed E-state index contributed by atoms with van der Waals surface area (Å²) in [5.74, 6) is -0.518. The SMILES string of the molecule is CC(C)C.CCc1nc(C)oc1C(=O)Nc1nc2cc(C(N)=O)cc(OCCCN3CC4(C3)CN(C(=O)CNC)CCO4)c2n1C/C=C/Cn1c(NC(=O)c2cc(C)nn2CC)nc2cc(C(N)=O)cnc21. The van der Waals surface area contributed by atoms with Crippen molar-refractivity contribution in [2.24, 2.45) is 17.4 Å². The molecule has 23 nitrogen and oxygen atoms in total. The summed E-state index contributed by atoms with van der Waals surface area (Å²) in [6, 6.07) is 6.28. The highest BCUT2D eigenvalue weighted by molar-refractivity contribution is 6.05. The Morgan fingerprint density at radius 2 is 1.54 bits per heavy atom. The number of likely N-dealkylation sites (N-methyl/N-ethyl adjacent to an activating group) is 1. The Balaban J connectivity index is 0.00000183. The van der Waals surface area contributed by atoms with E-state index in [0.717, 1.165) is 5.92 Å². The number of imidazole rings is 2. The van der Waals surface area contributed by atoms with E-state index < -0.39 is 29.2 Å². The largest absolute Gasteiger partial charge is 0.491 e. The number of fused-ring (bicyclic) bond motifs is 2. The van der Waals surface area contributed by atoms with Crippen LogP contribution in [0.25, 0.3) is 22.2 Å². The van der Waals surface area contributed by atoms with Crippen molar-refractivity contribution in [3.8, 4) is 5.75 Å². The van der Waals surface area contributed by atoms with Crippen molar-refractivity contribution < 1.29 is 37.9 Å². The number of nitrogens with zero attached hydrogens (tertiary/aromatic N) is 10. The van der Waals surface area contributed by atoms with Gasteiger partial charge in [0.1, 0.15) is 28.1 Å². The summed E-state index contributed by atoms with van der Waals surface area (Å²) in [7, 11) is 1.75. The van der Waals surface area contributed by atoms with Crippen molar-refractivity contribution in [2.45, 2.75) is 86.5 Å². The molecule has 2 aliphatic rings. The van der Waals surface area contributed by atoms with E-state index in [1.165, 1.54) is 18.3 Å². The van der Waals surface area contributed by atoms with Gasteiger partial charge in [0.2, 0.25) is 35.4 Å². The third kappa shape index (κ3) is 12.0. The molecule has 0 radical (unpaired) electrons. The van der Waals surface area contributed by atoms with Gasteiger partial charge in [0.15, 0.2) is 11.5 Å². The van der Waals surface area contributed by atoms with E-state index in [0.29, 0.717) is 110 Å². The number of aryl methyl sites for hydroxylation is 4. The molecule has 0 aliphatic carbocycles. The topological polar surface area (TPSA) is 291 Å². The van der Waals surface area contributed by atoms with Gasteiger partial charge in [-0.05, 0) is 63.9 Å². The molecule has 0 saturated carbocycles. The van der Waals surface area contributed by atoms with E-state index in [4.69, 9.17) is 30.3 Å². The van der Waals surface area contributed by atoms with Crippen molar-refractivity contribution in [3.63, 3.8) is 0 Å². The molecule has 1 spiro atoms. The van der Waals surface area contributed by atoms with E-state index in [-0.39, 0.29) is 60.9 Å². The van der Waals surface area contributed by atoms with Crippen LogP contribution in [0.2, 0.25) is 0 Å². The maximum absolute atomic E-state index is 13.8. The smallest absolute Gasteiger partial charge is 0.295 e. The molecule has 72 heavy (non-hydrogen) atoms. The van der Waals surface area contributed by atoms with Gasteiger partial charge < -0.3 is 40.1 Å². The number of hydrogen-bond donors (Lipinski definition) is 5. The second-order valence-corrected chi connectivity index (χ2v) is 18.5. The van der Waals surface area contributed by atoms with Gasteiger partial charge in [-0.25, -0.2) is 19.9 Å². The fraction of sp³-hybridized carbons (Fsp3) is 0.469. The van der Waals surface area contributed by atoms with Crippen LogP contribution in [0.4, 0.5) is 11.9 Å². The number of carbonyl (C=O) groups excluding carboxylic acids is 5. The molecular formula is C49H65N15O8. The second kappa shape index (κ2) is 22.7. The average Bonchev–Trinajstić information content (AvgIpc) is 4.10. The van der Waals surface area contributed by atoms with Gasteiger partial charge in [0.25, 0.3) is 11.8 Å². The summed E-state index contributed by atoms with van der Waals surface area (Å²) in [6.45, 7) is 18.6. The number of nitrogens with two attached hydrogens (primary N) is 2. The van der Waals surface area contributed by atoms with Crippen LogP contribution < -0.4 is 32.2 Å². The summed E-state index contributed by atoms with van der Waals surface area (Å²) in [5.41, 5.74) is 14.3. The van der Waals surface area contributed by atoms with Crippen LogP contribution in [0.1, 0.15) is 100 Å². The lowest BCUT2D eigenvalue weighted by Gasteiger charge is -2.54. The molecule has 6 aromatic rings. The number of rotatable bonds is 19. The maximum atomic E-state index is 13.8. The number of nitrogens with one attached hydrogen (secondary N) is 3. The van der Waals surface area contributed by atoms with Gasteiger partial charge in [0.05, 0.1) is 48.8 Å². The standard InChI is InChI=1S/C45H55N15O8.C4H10/c1-6-30-37(68-27(4)50-30)42(65)54-43-51-31-18-28(38(46)62)20-34(66-15-10-11-56-23-45(24-56)25-57(14-16-67-45)35(61)22-48-5)36(31)58(43)12-8-9-13-59-40-32(19-29(21-49-40)39(47)63)52-44(59)53-41(64)33-17-26(3)55-60(33)7-2;1-4(2)3/h8-9,17-21,48H,6-7,10-16,22-25H2,1-5H3,(H2,46,62)(H2,47,63)(H,51,54,65)(H,52,53,64);4H,1-3H3/b9-8+;. The van der Waals surface area contributed by atoms with Crippen LogP contribution in [0.15, 0.2) is 47.0 Å². The lowest BCUT2D eigenvalue weighted by atomic mass is 9.91. The van der Waals surface area contributed by atoms with E-state index in [2.05, 4.69) is 61.7 Å². The molecule has 1 aromatic carbocycles. The zero-order chi connectivity index (χ0) is 51.9. The summed E-state index contributed by atoms with van der Waals surface area (Å²) in [4.78, 5) is 86.9. The molecule has 23 heteroatoms. The van der Waals surface area contributed by atoms with Crippen LogP contribution in [0.3, 0.4) is 0 Å². The number of primary amides is 2. The fourth-order valence-electron chi connectivity index (χ4n) is 8.62. The Morgan fingerprint density at radius 1 is 0.875 bits per heavy atom. The fourth-order valence-corrected chi connectivity index (χ4v) is 8.62. The molecular weight excluding hydrogens is 927 g/mol. The number of benzene rings is 1. The Hall–Kier alpha value is -7.50. The highest BCUT2D eigenvalue weighted by Gasteiger charge is 2.47. The van der Waals surface area contributed by atoms with E-state index in [9.17, 15) is 24.0 Å². The quantitative estimate of drug-likeness (QED) is 0.0571. The first-order chi connectivity index (χ1) is 34.4. The van der Waals surface area contributed by atoms with Gasteiger partial charge in [0, 0.05) is 64.5 Å². The van der Waals surface area contributed by atoms with Crippen LogP contribution in [0.5, 0.6) is 5.75 Å². The van der Waals surface area contributed by atoms with Gasteiger partial charge in [-0.3, -0.25) is 48.8 Å². The monoisotopic (exact) mass is 992 g/mol. The number of aromatic nitrogens is 8. The lowest BCUT2D eigenvalue weighted by molar-refractivity contribution is -0.188. The minimum absolute atomic E-state index is 0.0443. The molecule has 2 saturated heterocycles. The average molecular weight is 992 g/mol. The van der Waals surface area contributed by atoms with Crippen LogP contribution in [0, 0.1) is 19.8 Å². The molecule has 5 aromatic heterocycles. The number of likely N-dealkylation sites (tertiary alicyclic amines) is 1. The number of pyridine rings is 1. The molecule has 7 heterocycles. The molecule has 8 rings (SSSR count). The van der Waals surface area contributed by atoms with Crippen LogP contribution in [-0.2, 0) is 35.6 Å². The van der Waals surface area contributed by atoms with E-state index in [1.807, 2.05) is 30.9 Å². The predicted octanol–water partition coefficient (Wildman–Crippen LogP) is 3.69. The minimum atomic E-state index is -0.691. The number of carbonyl (C=O) groups is 5. The van der Waals surface area contributed by atoms with Crippen molar-refractivity contribution in [1.82, 2.24) is 54.0 Å². The number of hydrogen-bond acceptors (Lipinski definition) is 15. The van der Waals surface area contributed by atoms with E-state index in [1.54, 1.807) is 46.8 Å². The molecule has 5 amide bonds. The Bertz CT molecular complexity index is 2990. The summed E-state index contributed by atoms with van der Waals surface area (Å²) in [5, 5.41) is 13.1. The first-order valence-corrected chi connectivity index (χ1v) is 24.1.